The number of hydrogen-bond acceptors (Lipinski definition) is 6. The van der Waals surface area contributed by atoms with E-state index in [4.69, 9.17) is 0 Å². The van der Waals surface area contributed by atoms with Crippen LogP contribution >= 0.6 is 0 Å². The number of aliphatic hydroxyl groups is 2. The maximum Gasteiger partial charge on any atom is 0.220 e. The summed E-state index contributed by atoms with van der Waals surface area (Å²) < 4.78 is 34.5. The van der Waals surface area contributed by atoms with E-state index < -0.39 is 21.9 Å². The molecule has 0 heterocycles. The van der Waals surface area contributed by atoms with Crippen LogP contribution in [0, 0.1) is 46.3 Å². The molecule has 8 heteroatoms. The maximum absolute atomic E-state index is 13.0. The lowest BCUT2D eigenvalue weighted by atomic mass is 9.43. The Morgan fingerprint density at radius 2 is 1.77 bits per heavy atom. The zero-order chi connectivity index (χ0) is 28.9. The highest BCUT2D eigenvalue weighted by Gasteiger charge is 2.63. The van der Waals surface area contributed by atoms with Gasteiger partial charge in [-0.3, -0.25) is 4.79 Å². The normalized spacial score (nSPS) is 40.8. The van der Waals surface area contributed by atoms with Crippen molar-refractivity contribution in [3.05, 3.63) is 35.9 Å². The zero-order valence-electron chi connectivity index (χ0n) is 24.3. The molecule has 0 spiro atoms. The van der Waals surface area contributed by atoms with Gasteiger partial charge in [0, 0.05) is 6.42 Å². The highest BCUT2D eigenvalue weighted by molar-refractivity contribution is 7.85. The fourth-order valence-corrected chi connectivity index (χ4v) is 10.8. The molecule has 4 fully saturated rings. The molecule has 4 aliphatic carbocycles. The van der Waals surface area contributed by atoms with Gasteiger partial charge in [0.2, 0.25) is 5.91 Å². The van der Waals surface area contributed by atoms with Crippen LogP contribution in [0.3, 0.4) is 0 Å². The van der Waals surface area contributed by atoms with Gasteiger partial charge in [-0.1, -0.05) is 51.1 Å². The molecule has 11 atom stereocenters. The van der Waals surface area contributed by atoms with Crippen molar-refractivity contribution < 1.29 is 28.0 Å². The fraction of sp³-hybridized carbons (Fsp3) is 0.781. The van der Waals surface area contributed by atoms with Gasteiger partial charge in [0.25, 0.3) is 0 Å². The smallest absolute Gasteiger partial charge is 0.220 e. The van der Waals surface area contributed by atoms with Crippen LogP contribution in [0.2, 0.25) is 0 Å². The Labute approximate surface area is 240 Å². The standard InChI is InChI=1S/C32H49NO6S/c1-20(9-14-30(36)33-28(19-40(37,38)39)21-7-5-4-6-8-21)25-12-13-26-24-11-10-22-17-23(34)15-16-31(22,2)27(24)18-29(35)32(25,26)3/h4-8,20,22-29,34-35H,9-19H2,1-3H3,(H,33,36)(H,37,38,39)/p-1/t20-,22-,23-,24+,25-,26+,27+,28-,29+,31+,32-/m1/s1. The largest absolute Gasteiger partial charge is 0.748 e. The van der Waals surface area contributed by atoms with Crippen molar-refractivity contribution in [3.8, 4) is 0 Å². The summed E-state index contributed by atoms with van der Waals surface area (Å²) in [6.07, 6.45) is 8.61. The molecule has 4 aliphatic rings. The summed E-state index contributed by atoms with van der Waals surface area (Å²) in [7, 11) is -4.52. The second-order valence-electron chi connectivity index (χ2n) is 14.2. The topological polar surface area (TPSA) is 127 Å². The lowest BCUT2D eigenvalue weighted by molar-refractivity contribution is -0.175. The van der Waals surface area contributed by atoms with E-state index in [-0.39, 0.29) is 41.3 Å². The molecular formula is C32H48NO6S-. The fourth-order valence-electron chi connectivity index (χ4n) is 10.1. The molecule has 3 N–H and O–H groups in total. The third-order valence-corrected chi connectivity index (χ3v) is 13.0. The Balaban J connectivity index is 1.24. The second kappa shape index (κ2) is 11.3. The monoisotopic (exact) mass is 574 g/mol. The quantitative estimate of drug-likeness (QED) is 0.383. The van der Waals surface area contributed by atoms with E-state index >= 15 is 0 Å². The molecule has 1 amide bonds. The van der Waals surface area contributed by atoms with E-state index in [0.717, 1.165) is 38.5 Å². The molecular weight excluding hydrogens is 526 g/mol. The summed E-state index contributed by atoms with van der Waals surface area (Å²) >= 11 is 0. The van der Waals surface area contributed by atoms with Gasteiger partial charge in [-0.25, -0.2) is 8.42 Å². The molecule has 1 aromatic rings. The van der Waals surface area contributed by atoms with Crippen LogP contribution in [0.1, 0.15) is 96.6 Å². The Hall–Kier alpha value is -1.48. The van der Waals surface area contributed by atoms with Crippen molar-refractivity contribution in [1.29, 1.82) is 0 Å². The second-order valence-corrected chi connectivity index (χ2v) is 15.6. The van der Waals surface area contributed by atoms with Gasteiger partial charge in [-0.15, -0.1) is 0 Å². The number of fused-ring (bicyclic) bond motifs is 5. The first-order chi connectivity index (χ1) is 18.8. The lowest BCUT2D eigenvalue weighted by Crippen LogP contribution is -2.58. The average molecular weight is 575 g/mol. The number of benzene rings is 1. The summed E-state index contributed by atoms with van der Waals surface area (Å²) in [6.45, 7) is 6.93. The first-order valence-corrected chi connectivity index (χ1v) is 17.0. The summed E-state index contributed by atoms with van der Waals surface area (Å²) in [6, 6.07) is 7.90. The molecule has 0 unspecified atom stereocenters. The molecule has 0 radical (unpaired) electrons. The molecule has 0 aliphatic heterocycles. The summed E-state index contributed by atoms with van der Waals surface area (Å²) in [4.78, 5) is 13.0. The Kier molecular flexibility index (Phi) is 8.48. The van der Waals surface area contributed by atoms with Gasteiger partial charge >= 0.3 is 0 Å². The molecule has 5 rings (SSSR count). The third kappa shape index (κ3) is 5.62. The first kappa shape index (κ1) is 30.0. The van der Waals surface area contributed by atoms with Gasteiger partial charge in [-0.05, 0) is 110 Å². The van der Waals surface area contributed by atoms with Crippen molar-refractivity contribution in [2.24, 2.45) is 46.3 Å². The minimum Gasteiger partial charge on any atom is -0.748 e. The summed E-state index contributed by atoms with van der Waals surface area (Å²) in [5.74, 6) is 1.81. The van der Waals surface area contributed by atoms with Crippen LogP contribution in [0.4, 0.5) is 0 Å². The van der Waals surface area contributed by atoms with E-state index in [0.29, 0.717) is 41.6 Å². The Morgan fingerprint density at radius 1 is 1.05 bits per heavy atom. The van der Waals surface area contributed by atoms with Crippen molar-refractivity contribution in [2.75, 3.05) is 5.75 Å². The first-order valence-electron chi connectivity index (χ1n) is 15.5. The van der Waals surface area contributed by atoms with Crippen LogP contribution in [-0.2, 0) is 14.9 Å². The zero-order valence-corrected chi connectivity index (χ0v) is 25.1. The molecule has 40 heavy (non-hydrogen) atoms. The van der Waals surface area contributed by atoms with E-state index in [1.54, 1.807) is 30.3 Å². The minimum atomic E-state index is -4.52. The van der Waals surface area contributed by atoms with E-state index in [1.807, 2.05) is 0 Å². The van der Waals surface area contributed by atoms with Crippen LogP contribution in [0.5, 0.6) is 0 Å². The number of carbonyl (C=O) groups excluding carboxylic acids is 1. The van der Waals surface area contributed by atoms with E-state index in [1.165, 1.54) is 12.8 Å². The molecule has 0 saturated heterocycles. The third-order valence-electron chi connectivity index (χ3n) is 12.2. The SMILES string of the molecule is C[C@H](CCC(=O)N[C@H](CS(=O)(=O)[O-])c1ccccc1)[C@H]1CC[C@H]2[C@@H]3CC[C@@H]4C[C@H](O)CC[C@]4(C)[C@H]3C[C@H](O)[C@]12C. The minimum absolute atomic E-state index is 0.169. The van der Waals surface area contributed by atoms with E-state index in [9.17, 15) is 28.0 Å². The average Bonchev–Trinajstić information content (AvgIpc) is 3.26. The summed E-state index contributed by atoms with van der Waals surface area (Å²) in [5, 5.41) is 24.9. The molecule has 4 saturated carbocycles. The van der Waals surface area contributed by atoms with Gasteiger partial charge in [0.1, 0.15) is 0 Å². The number of nitrogens with one attached hydrogen (secondary N) is 1. The van der Waals surface area contributed by atoms with Crippen molar-refractivity contribution in [3.63, 3.8) is 0 Å². The number of carbonyl (C=O) groups is 1. The highest BCUT2D eigenvalue weighted by atomic mass is 32.2. The number of hydrogen-bond donors (Lipinski definition) is 3. The van der Waals surface area contributed by atoms with Crippen LogP contribution < -0.4 is 5.32 Å². The van der Waals surface area contributed by atoms with Crippen LogP contribution in [0.15, 0.2) is 30.3 Å². The molecule has 0 aromatic heterocycles. The summed E-state index contributed by atoms with van der Waals surface area (Å²) in [5.41, 5.74) is 0.641. The number of rotatable bonds is 8. The predicted molar refractivity (Wildman–Crippen MR) is 153 cm³/mol. The van der Waals surface area contributed by atoms with Crippen molar-refractivity contribution in [1.82, 2.24) is 5.32 Å². The maximum atomic E-state index is 13.0. The highest BCUT2D eigenvalue weighted by Crippen LogP contribution is 2.68. The number of aliphatic hydroxyl groups excluding tert-OH is 2. The van der Waals surface area contributed by atoms with Crippen LogP contribution in [-0.4, -0.2) is 47.1 Å². The van der Waals surface area contributed by atoms with E-state index in [2.05, 4.69) is 26.1 Å². The van der Waals surface area contributed by atoms with Crippen LogP contribution in [0.25, 0.3) is 0 Å². The van der Waals surface area contributed by atoms with Gasteiger partial charge in [0.05, 0.1) is 34.1 Å². The van der Waals surface area contributed by atoms with Crippen molar-refractivity contribution >= 4 is 16.0 Å². The van der Waals surface area contributed by atoms with Gasteiger partial charge in [0.15, 0.2) is 0 Å². The molecule has 224 valence electrons. The predicted octanol–water partition coefficient (Wildman–Crippen LogP) is 4.80. The molecule has 1 aromatic carbocycles. The van der Waals surface area contributed by atoms with Crippen molar-refractivity contribution in [2.45, 2.75) is 103 Å². The number of amides is 1. The molecule has 7 nitrogen and oxygen atoms in total. The lowest BCUT2D eigenvalue weighted by Gasteiger charge is -2.62. The van der Waals surface area contributed by atoms with Gasteiger partial charge < -0.3 is 20.1 Å². The Bertz CT molecular complexity index is 1160. The Morgan fingerprint density at radius 3 is 2.48 bits per heavy atom. The molecule has 0 bridgehead atoms. The van der Waals surface area contributed by atoms with Gasteiger partial charge in [-0.2, -0.15) is 0 Å².